The molecule has 1 fully saturated rings. The molecule has 1 heterocycles. The van der Waals surface area contributed by atoms with Gasteiger partial charge in [-0.15, -0.1) is 0 Å². The first-order valence-corrected chi connectivity index (χ1v) is 10.6. The number of nitrogens with zero attached hydrogens (tertiary/aromatic N) is 3. The molecule has 160 valence electrons. The molecular formula is C26H23N3O3. The predicted octanol–water partition coefficient (Wildman–Crippen LogP) is 4.83. The van der Waals surface area contributed by atoms with Crippen LogP contribution in [0.15, 0.2) is 64.4 Å². The van der Waals surface area contributed by atoms with Gasteiger partial charge in [0.2, 0.25) is 5.88 Å². The molecule has 0 bridgehead atoms. The summed E-state index contributed by atoms with van der Waals surface area (Å²) in [5, 5.41) is 20.5. The second-order valence-electron chi connectivity index (χ2n) is 7.93. The van der Waals surface area contributed by atoms with E-state index in [0.29, 0.717) is 27.9 Å². The summed E-state index contributed by atoms with van der Waals surface area (Å²) in [5.41, 5.74) is 1.65. The minimum atomic E-state index is -0.466. The van der Waals surface area contributed by atoms with Gasteiger partial charge < -0.3 is 5.11 Å². The maximum Gasteiger partial charge on any atom is 0.271 e. The third kappa shape index (κ3) is 3.85. The molecule has 0 unspecified atom stereocenters. The third-order valence-electron chi connectivity index (χ3n) is 6.00. The first-order chi connectivity index (χ1) is 15.5. The number of aromatic nitrogens is 1. The van der Waals surface area contributed by atoms with Crippen molar-refractivity contribution < 1.29 is 9.90 Å². The lowest BCUT2D eigenvalue weighted by molar-refractivity contribution is 0.103. The Morgan fingerprint density at radius 2 is 1.78 bits per heavy atom. The standard InChI is InChI=1S/C26H23N3O3/c1-17-21(15-27)25(31)29(19-11-5-6-12-19)26(32)22(17)16-28-23-14-8-7-13-20(23)24(30)18-9-3-2-4-10-18/h2-4,7-10,13-14,16,19,32H,5-6,11-12H2,1H3. The zero-order valence-corrected chi connectivity index (χ0v) is 17.8. The van der Waals surface area contributed by atoms with E-state index in [0.717, 1.165) is 25.7 Å². The fourth-order valence-corrected chi connectivity index (χ4v) is 4.25. The van der Waals surface area contributed by atoms with Crippen molar-refractivity contribution in [3.05, 3.63) is 92.8 Å². The smallest absolute Gasteiger partial charge is 0.271 e. The van der Waals surface area contributed by atoms with Crippen LogP contribution in [0.1, 0.15) is 64.3 Å². The molecule has 0 saturated heterocycles. The average molecular weight is 425 g/mol. The Morgan fingerprint density at radius 1 is 1.12 bits per heavy atom. The SMILES string of the molecule is Cc1c(C=Nc2ccccc2C(=O)c2ccccc2)c(O)n(C2CCCC2)c(=O)c1C#N. The van der Waals surface area contributed by atoms with E-state index < -0.39 is 5.56 Å². The molecule has 0 atom stereocenters. The van der Waals surface area contributed by atoms with Crippen LogP contribution in [0.25, 0.3) is 0 Å². The highest BCUT2D eigenvalue weighted by atomic mass is 16.3. The molecule has 0 spiro atoms. The summed E-state index contributed by atoms with van der Waals surface area (Å²) < 4.78 is 1.33. The number of para-hydroxylation sites is 1. The lowest BCUT2D eigenvalue weighted by atomic mass is 10.0. The van der Waals surface area contributed by atoms with Crippen molar-refractivity contribution in [2.45, 2.75) is 38.6 Å². The zero-order valence-electron chi connectivity index (χ0n) is 17.8. The Hall–Kier alpha value is -3.98. The van der Waals surface area contributed by atoms with Crippen LogP contribution in [0.5, 0.6) is 5.88 Å². The molecule has 1 aliphatic rings. The molecule has 0 aliphatic heterocycles. The van der Waals surface area contributed by atoms with E-state index in [1.54, 1.807) is 55.5 Å². The molecule has 1 aliphatic carbocycles. The number of rotatable bonds is 5. The van der Waals surface area contributed by atoms with Gasteiger partial charge in [-0.25, -0.2) is 0 Å². The van der Waals surface area contributed by atoms with Gasteiger partial charge in [0.15, 0.2) is 5.78 Å². The van der Waals surface area contributed by atoms with E-state index >= 15 is 0 Å². The Bertz CT molecular complexity index is 1290. The fourth-order valence-electron chi connectivity index (χ4n) is 4.25. The van der Waals surface area contributed by atoms with Crippen molar-refractivity contribution in [2.75, 3.05) is 0 Å². The van der Waals surface area contributed by atoms with Crippen molar-refractivity contribution in [1.82, 2.24) is 4.57 Å². The number of pyridine rings is 1. The lowest BCUT2D eigenvalue weighted by Crippen LogP contribution is -2.28. The molecule has 3 aromatic rings. The lowest BCUT2D eigenvalue weighted by Gasteiger charge is -2.19. The van der Waals surface area contributed by atoms with E-state index in [4.69, 9.17) is 0 Å². The third-order valence-corrected chi connectivity index (χ3v) is 6.00. The van der Waals surface area contributed by atoms with Crippen molar-refractivity contribution in [1.29, 1.82) is 5.26 Å². The second kappa shape index (κ2) is 9.03. The van der Waals surface area contributed by atoms with Crippen LogP contribution in [-0.4, -0.2) is 21.7 Å². The van der Waals surface area contributed by atoms with Crippen LogP contribution < -0.4 is 5.56 Å². The topological polar surface area (TPSA) is 95.4 Å². The molecule has 1 aromatic heterocycles. The molecule has 1 N–H and O–H groups in total. The Balaban J connectivity index is 1.80. The number of hydrogen-bond acceptors (Lipinski definition) is 5. The van der Waals surface area contributed by atoms with E-state index in [1.165, 1.54) is 10.8 Å². The van der Waals surface area contributed by atoms with Gasteiger partial charge >= 0.3 is 0 Å². The van der Waals surface area contributed by atoms with Crippen LogP contribution in [0.2, 0.25) is 0 Å². The summed E-state index contributed by atoms with van der Waals surface area (Å²) in [7, 11) is 0. The molecule has 6 nitrogen and oxygen atoms in total. The Labute approximate surface area is 186 Å². The first kappa shape index (κ1) is 21.3. The summed E-state index contributed by atoms with van der Waals surface area (Å²) in [5.74, 6) is -0.345. The normalized spacial score (nSPS) is 14.0. The Kier molecular flexibility index (Phi) is 6.00. The number of benzene rings is 2. The predicted molar refractivity (Wildman–Crippen MR) is 123 cm³/mol. The quantitative estimate of drug-likeness (QED) is 0.468. The molecule has 32 heavy (non-hydrogen) atoms. The highest BCUT2D eigenvalue weighted by Crippen LogP contribution is 2.33. The zero-order chi connectivity index (χ0) is 22.7. The minimum absolute atomic E-state index is 0.00444. The van der Waals surface area contributed by atoms with Gasteiger partial charge in [-0.2, -0.15) is 5.26 Å². The largest absolute Gasteiger partial charge is 0.494 e. The molecule has 4 rings (SSSR count). The van der Waals surface area contributed by atoms with Crippen LogP contribution >= 0.6 is 0 Å². The van der Waals surface area contributed by atoms with Crippen molar-refractivity contribution in [3.63, 3.8) is 0 Å². The second-order valence-corrected chi connectivity index (χ2v) is 7.93. The van der Waals surface area contributed by atoms with Crippen LogP contribution in [0.4, 0.5) is 5.69 Å². The van der Waals surface area contributed by atoms with Gasteiger partial charge in [0.25, 0.3) is 5.56 Å². The summed E-state index contributed by atoms with van der Waals surface area (Å²) in [6, 6.07) is 17.8. The summed E-state index contributed by atoms with van der Waals surface area (Å²) in [4.78, 5) is 30.3. The monoisotopic (exact) mass is 425 g/mol. The first-order valence-electron chi connectivity index (χ1n) is 10.6. The van der Waals surface area contributed by atoms with E-state index in [-0.39, 0.29) is 23.3 Å². The van der Waals surface area contributed by atoms with Crippen molar-refractivity contribution in [2.24, 2.45) is 4.99 Å². The van der Waals surface area contributed by atoms with Crippen molar-refractivity contribution >= 4 is 17.7 Å². The maximum atomic E-state index is 13.0. The highest BCUT2D eigenvalue weighted by molar-refractivity contribution is 6.12. The Morgan fingerprint density at radius 3 is 2.47 bits per heavy atom. The summed E-state index contributed by atoms with van der Waals surface area (Å²) in [6.07, 6.45) is 4.96. The summed E-state index contributed by atoms with van der Waals surface area (Å²) in [6.45, 7) is 1.63. The number of carbonyl (C=O) groups excluding carboxylic acids is 1. The maximum absolute atomic E-state index is 13.0. The van der Waals surface area contributed by atoms with E-state index in [2.05, 4.69) is 4.99 Å². The molecule has 6 heteroatoms. The number of aromatic hydroxyl groups is 1. The van der Waals surface area contributed by atoms with E-state index in [9.17, 15) is 20.0 Å². The molecular weight excluding hydrogens is 402 g/mol. The number of ketones is 1. The van der Waals surface area contributed by atoms with Gasteiger partial charge in [0.1, 0.15) is 11.6 Å². The average Bonchev–Trinajstić information content (AvgIpc) is 3.34. The van der Waals surface area contributed by atoms with Crippen LogP contribution in [0, 0.1) is 18.3 Å². The fraction of sp³-hybridized carbons (Fsp3) is 0.231. The summed E-state index contributed by atoms with van der Waals surface area (Å²) >= 11 is 0. The number of aliphatic imine (C=N–C) groups is 1. The molecule has 0 amide bonds. The van der Waals surface area contributed by atoms with Crippen molar-refractivity contribution in [3.8, 4) is 11.9 Å². The molecule has 1 saturated carbocycles. The number of hydrogen-bond donors (Lipinski definition) is 1. The van der Waals surface area contributed by atoms with Gasteiger partial charge in [0.05, 0.1) is 11.3 Å². The van der Waals surface area contributed by atoms with Crippen LogP contribution in [0.3, 0.4) is 0 Å². The van der Waals surface area contributed by atoms with Gasteiger partial charge in [-0.1, -0.05) is 55.3 Å². The highest BCUT2D eigenvalue weighted by Gasteiger charge is 2.25. The number of carbonyl (C=O) groups is 1. The minimum Gasteiger partial charge on any atom is -0.494 e. The van der Waals surface area contributed by atoms with Crippen LogP contribution in [-0.2, 0) is 0 Å². The van der Waals surface area contributed by atoms with Gasteiger partial charge in [0, 0.05) is 23.4 Å². The van der Waals surface area contributed by atoms with Gasteiger partial charge in [-0.3, -0.25) is 19.1 Å². The molecule has 0 radical (unpaired) electrons. The van der Waals surface area contributed by atoms with E-state index in [1.807, 2.05) is 12.1 Å². The van der Waals surface area contributed by atoms with Gasteiger partial charge in [-0.05, 0) is 37.5 Å². The number of nitriles is 1. The molecule has 2 aromatic carbocycles.